The summed E-state index contributed by atoms with van der Waals surface area (Å²) in [6.07, 6.45) is 0.952. The van der Waals surface area contributed by atoms with Crippen LogP contribution in [0.15, 0.2) is 71.4 Å². The van der Waals surface area contributed by atoms with E-state index in [1.165, 1.54) is 26.9 Å². The van der Waals surface area contributed by atoms with Crippen LogP contribution in [0.1, 0.15) is 25.0 Å². The van der Waals surface area contributed by atoms with Gasteiger partial charge in [0, 0.05) is 35.5 Å². The Labute approximate surface area is 148 Å². The molecule has 0 unspecified atom stereocenters. The molecular weight excluding hydrogens is 312 g/mol. The minimum Gasteiger partial charge on any atom is -0.323 e. The van der Waals surface area contributed by atoms with Crippen molar-refractivity contribution in [3.05, 3.63) is 77.5 Å². The molecule has 0 radical (unpaired) electrons. The zero-order valence-corrected chi connectivity index (χ0v) is 15.0. The van der Waals surface area contributed by atoms with E-state index in [1.54, 1.807) is 0 Å². The van der Waals surface area contributed by atoms with Crippen LogP contribution >= 0.6 is 11.8 Å². The van der Waals surface area contributed by atoms with Crippen molar-refractivity contribution in [2.75, 3.05) is 13.1 Å². The van der Waals surface area contributed by atoms with E-state index in [4.69, 9.17) is 4.99 Å². The Bertz CT molecular complexity index is 791. The summed E-state index contributed by atoms with van der Waals surface area (Å²) in [5.41, 5.74) is 4.26. The van der Waals surface area contributed by atoms with E-state index in [-0.39, 0.29) is 5.41 Å². The topological polar surface area (TPSA) is 15.6 Å². The number of nitrogens with zero attached hydrogens (tertiary/aromatic N) is 2. The highest BCUT2D eigenvalue weighted by Gasteiger charge is 2.37. The van der Waals surface area contributed by atoms with Crippen LogP contribution in [0.2, 0.25) is 0 Å². The average molecular weight is 334 g/mol. The van der Waals surface area contributed by atoms with Crippen LogP contribution in [0.3, 0.4) is 0 Å². The van der Waals surface area contributed by atoms with Gasteiger partial charge in [-0.15, -0.1) is 0 Å². The lowest BCUT2D eigenvalue weighted by Gasteiger charge is -2.36. The Kier molecular flexibility index (Phi) is 3.97. The number of hydrogen-bond donors (Lipinski definition) is 0. The molecule has 2 nitrogen and oxygen atoms in total. The molecule has 0 aliphatic carbocycles. The molecule has 24 heavy (non-hydrogen) atoms. The van der Waals surface area contributed by atoms with Crippen LogP contribution in [-0.4, -0.2) is 23.2 Å². The third-order valence-electron chi connectivity index (χ3n) is 4.49. The molecule has 0 saturated carbocycles. The van der Waals surface area contributed by atoms with Crippen molar-refractivity contribution in [2.24, 2.45) is 10.4 Å². The van der Waals surface area contributed by atoms with Gasteiger partial charge in [0.05, 0.1) is 0 Å². The predicted octanol–water partition coefficient (Wildman–Crippen LogP) is 5.04. The highest BCUT2D eigenvalue weighted by molar-refractivity contribution is 8.22. The van der Waals surface area contributed by atoms with E-state index in [9.17, 15) is 0 Å². The van der Waals surface area contributed by atoms with Gasteiger partial charge in [0.1, 0.15) is 0 Å². The van der Waals surface area contributed by atoms with Gasteiger partial charge in [0.15, 0.2) is 5.17 Å². The summed E-state index contributed by atoms with van der Waals surface area (Å²) in [5.74, 6) is 0. The Morgan fingerprint density at radius 2 is 1.67 bits per heavy atom. The third-order valence-corrected chi connectivity index (χ3v) is 5.70. The SMILES string of the molecule is CC1(C)CN=C2SC(c3ccccc3)=C(Cc3ccccc3)N2C1. The first-order valence-corrected chi connectivity index (χ1v) is 9.26. The minimum absolute atomic E-state index is 0.220. The van der Waals surface area contributed by atoms with Gasteiger partial charge in [0.25, 0.3) is 0 Å². The van der Waals surface area contributed by atoms with E-state index in [0.29, 0.717) is 0 Å². The van der Waals surface area contributed by atoms with Crippen molar-refractivity contribution < 1.29 is 0 Å². The van der Waals surface area contributed by atoms with E-state index >= 15 is 0 Å². The van der Waals surface area contributed by atoms with E-state index < -0.39 is 0 Å². The monoisotopic (exact) mass is 334 g/mol. The second kappa shape index (κ2) is 6.14. The van der Waals surface area contributed by atoms with Crippen molar-refractivity contribution in [1.29, 1.82) is 0 Å². The summed E-state index contributed by atoms with van der Waals surface area (Å²) in [4.78, 5) is 8.68. The number of rotatable bonds is 3. The Hall–Kier alpha value is -2.00. The van der Waals surface area contributed by atoms with Crippen LogP contribution in [0, 0.1) is 5.41 Å². The maximum absolute atomic E-state index is 4.88. The summed E-state index contributed by atoms with van der Waals surface area (Å²) in [7, 11) is 0. The standard InChI is InChI=1S/C21H22N2S/c1-21(2)14-22-20-23(15-21)18(13-16-9-5-3-6-10-16)19(24-20)17-11-7-4-8-12-17/h3-12H,13-15H2,1-2H3. The van der Waals surface area contributed by atoms with Crippen molar-refractivity contribution in [2.45, 2.75) is 20.3 Å². The zero-order valence-electron chi connectivity index (χ0n) is 14.2. The molecule has 122 valence electrons. The lowest BCUT2D eigenvalue weighted by atomic mass is 9.91. The Balaban J connectivity index is 1.77. The molecule has 0 aromatic heterocycles. The minimum atomic E-state index is 0.220. The van der Waals surface area contributed by atoms with Crippen LogP contribution in [0.5, 0.6) is 0 Å². The summed E-state index contributed by atoms with van der Waals surface area (Å²) >= 11 is 1.83. The largest absolute Gasteiger partial charge is 0.323 e. The molecule has 2 aliphatic rings. The molecule has 2 aromatic carbocycles. The van der Waals surface area contributed by atoms with Gasteiger partial charge in [-0.05, 0) is 22.9 Å². The molecule has 2 heterocycles. The first kappa shape index (κ1) is 15.5. The fraction of sp³-hybridized carbons (Fsp3) is 0.286. The number of benzene rings is 2. The van der Waals surface area contributed by atoms with Gasteiger partial charge in [-0.2, -0.15) is 0 Å². The van der Waals surface area contributed by atoms with Gasteiger partial charge in [-0.1, -0.05) is 74.5 Å². The van der Waals surface area contributed by atoms with Crippen molar-refractivity contribution in [3.8, 4) is 0 Å². The zero-order chi connectivity index (χ0) is 16.6. The van der Waals surface area contributed by atoms with Gasteiger partial charge in [-0.25, -0.2) is 0 Å². The summed E-state index contributed by atoms with van der Waals surface area (Å²) in [5, 5.41) is 1.17. The predicted molar refractivity (Wildman–Crippen MR) is 104 cm³/mol. The highest BCUT2D eigenvalue weighted by Crippen LogP contribution is 2.45. The van der Waals surface area contributed by atoms with Gasteiger partial charge in [-0.3, -0.25) is 4.99 Å². The van der Waals surface area contributed by atoms with E-state index in [0.717, 1.165) is 19.5 Å². The summed E-state index contributed by atoms with van der Waals surface area (Å²) in [6.45, 7) is 6.56. The number of amidine groups is 1. The summed E-state index contributed by atoms with van der Waals surface area (Å²) < 4.78 is 0. The first-order valence-electron chi connectivity index (χ1n) is 8.45. The maximum atomic E-state index is 4.88. The molecule has 0 N–H and O–H groups in total. The lowest BCUT2D eigenvalue weighted by molar-refractivity contribution is 0.275. The molecule has 0 bridgehead atoms. The number of hydrogen-bond acceptors (Lipinski definition) is 3. The number of thioether (sulfide) groups is 1. The van der Waals surface area contributed by atoms with Crippen molar-refractivity contribution in [1.82, 2.24) is 4.90 Å². The molecule has 0 amide bonds. The summed E-state index contributed by atoms with van der Waals surface area (Å²) in [6, 6.07) is 21.5. The highest BCUT2D eigenvalue weighted by atomic mass is 32.2. The fourth-order valence-electron chi connectivity index (χ4n) is 3.26. The van der Waals surface area contributed by atoms with Gasteiger partial charge in [0.2, 0.25) is 0 Å². The van der Waals surface area contributed by atoms with Crippen LogP contribution in [-0.2, 0) is 6.42 Å². The van der Waals surface area contributed by atoms with E-state index in [1.807, 2.05) is 11.8 Å². The average Bonchev–Trinajstić information content (AvgIpc) is 2.93. The number of fused-ring (bicyclic) bond motifs is 1. The Morgan fingerprint density at radius 3 is 2.38 bits per heavy atom. The van der Waals surface area contributed by atoms with Crippen molar-refractivity contribution in [3.63, 3.8) is 0 Å². The maximum Gasteiger partial charge on any atom is 0.168 e. The lowest BCUT2D eigenvalue weighted by Crippen LogP contribution is -2.41. The molecule has 0 spiro atoms. The quantitative estimate of drug-likeness (QED) is 0.781. The van der Waals surface area contributed by atoms with Gasteiger partial charge < -0.3 is 4.90 Å². The molecule has 3 heteroatoms. The molecule has 0 saturated heterocycles. The van der Waals surface area contributed by atoms with Crippen LogP contribution < -0.4 is 0 Å². The number of aliphatic imine (C=N–C) groups is 1. The molecule has 0 atom stereocenters. The second-order valence-corrected chi connectivity index (χ2v) is 8.23. The molecular formula is C21H22N2S. The second-order valence-electron chi connectivity index (χ2n) is 7.26. The van der Waals surface area contributed by atoms with Crippen molar-refractivity contribution >= 4 is 21.8 Å². The Morgan fingerprint density at radius 1 is 1.00 bits per heavy atom. The normalized spacial score (nSPS) is 19.2. The smallest absolute Gasteiger partial charge is 0.168 e. The van der Waals surface area contributed by atoms with Crippen LogP contribution in [0.25, 0.3) is 4.91 Å². The first-order chi connectivity index (χ1) is 11.6. The van der Waals surface area contributed by atoms with Crippen LogP contribution in [0.4, 0.5) is 0 Å². The molecule has 4 rings (SSSR count). The molecule has 2 aliphatic heterocycles. The fourth-order valence-corrected chi connectivity index (χ4v) is 4.41. The third kappa shape index (κ3) is 3.01. The molecule has 0 fully saturated rings. The number of allylic oxidation sites excluding steroid dienone is 1. The van der Waals surface area contributed by atoms with Gasteiger partial charge >= 0.3 is 0 Å². The van der Waals surface area contributed by atoms with E-state index in [2.05, 4.69) is 79.4 Å². The molecule has 2 aromatic rings.